The highest BCUT2D eigenvalue weighted by atomic mass is 16.5. The van der Waals surface area contributed by atoms with E-state index in [2.05, 4.69) is 15.9 Å². The largest absolute Gasteiger partial charge is 0.493 e. The van der Waals surface area contributed by atoms with Crippen LogP contribution >= 0.6 is 0 Å². The molecule has 2 fully saturated rings. The molecule has 122 valence electrons. The van der Waals surface area contributed by atoms with Crippen molar-refractivity contribution < 1.29 is 9.47 Å². The van der Waals surface area contributed by atoms with Crippen LogP contribution in [0.3, 0.4) is 0 Å². The van der Waals surface area contributed by atoms with Crippen molar-refractivity contribution in [3.63, 3.8) is 0 Å². The van der Waals surface area contributed by atoms with Gasteiger partial charge in [-0.25, -0.2) is 0 Å². The molecule has 2 aliphatic heterocycles. The quantitative estimate of drug-likeness (QED) is 0.835. The zero-order chi connectivity index (χ0) is 15.4. The van der Waals surface area contributed by atoms with Gasteiger partial charge < -0.3 is 14.4 Å². The van der Waals surface area contributed by atoms with Crippen molar-refractivity contribution in [3.05, 3.63) is 23.8 Å². The highest BCUT2D eigenvalue weighted by molar-refractivity contribution is 5.46. The lowest BCUT2D eigenvalue weighted by Gasteiger charge is -2.36. The van der Waals surface area contributed by atoms with Gasteiger partial charge in [0.05, 0.1) is 14.2 Å². The highest BCUT2D eigenvalue weighted by Crippen LogP contribution is 2.32. The molecule has 0 spiro atoms. The van der Waals surface area contributed by atoms with Crippen LogP contribution in [0.4, 0.5) is 0 Å². The number of hydrogen-bond donors (Lipinski definition) is 0. The summed E-state index contributed by atoms with van der Waals surface area (Å²) in [6.45, 7) is 5.94. The summed E-state index contributed by atoms with van der Waals surface area (Å²) < 4.78 is 11.0. The van der Waals surface area contributed by atoms with Crippen LogP contribution in [-0.2, 0) is 6.54 Å². The van der Waals surface area contributed by atoms with E-state index in [1.54, 1.807) is 14.2 Å². The molecular weight excluding hydrogens is 276 g/mol. The van der Waals surface area contributed by atoms with Crippen molar-refractivity contribution >= 4 is 0 Å². The van der Waals surface area contributed by atoms with E-state index in [-0.39, 0.29) is 0 Å². The van der Waals surface area contributed by atoms with Crippen molar-refractivity contribution in [2.75, 3.05) is 40.4 Å². The zero-order valence-electron chi connectivity index (χ0n) is 13.9. The van der Waals surface area contributed by atoms with Gasteiger partial charge in [0.1, 0.15) is 0 Å². The molecule has 2 saturated heterocycles. The molecule has 0 aliphatic carbocycles. The molecule has 2 heterocycles. The third-order valence-electron chi connectivity index (χ3n) is 5.09. The number of hydrogen-bond acceptors (Lipinski definition) is 4. The SMILES string of the molecule is COc1cccc(CN2CCC(N3CCCC3)CC2)c1OC. The van der Waals surface area contributed by atoms with Crippen LogP contribution in [-0.4, -0.2) is 56.2 Å². The summed E-state index contributed by atoms with van der Waals surface area (Å²) >= 11 is 0. The third kappa shape index (κ3) is 3.39. The van der Waals surface area contributed by atoms with Crippen LogP contribution in [0.25, 0.3) is 0 Å². The van der Waals surface area contributed by atoms with Crippen molar-refractivity contribution in [1.82, 2.24) is 9.80 Å². The summed E-state index contributed by atoms with van der Waals surface area (Å²) in [6.07, 6.45) is 5.38. The Bertz CT molecular complexity index is 478. The molecule has 1 aromatic rings. The van der Waals surface area contributed by atoms with Gasteiger partial charge in [-0.05, 0) is 57.9 Å². The number of nitrogens with zero attached hydrogens (tertiary/aromatic N) is 2. The van der Waals surface area contributed by atoms with E-state index in [9.17, 15) is 0 Å². The smallest absolute Gasteiger partial charge is 0.165 e. The minimum absolute atomic E-state index is 0.811. The summed E-state index contributed by atoms with van der Waals surface area (Å²) in [5.41, 5.74) is 1.22. The van der Waals surface area contributed by atoms with Gasteiger partial charge in [-0.3, -0.25) is 4.90 Å². The maximum absolute atomic E-state index is 5.55. The van der Waals surface area contributed by atoms with Crippen LogP contribution in [0.2, 0.25) is 0 Å². The Kier molecular flexibility index (Phi) is 5.21. The van der Waals surface area contributed by atoms with Crippen LogP contribution < -0.4 is 9.47 Å². The van der Waals surface area contributed by atoms with Crippen molar-refractivity contribution in [2.24, 2.45) is 0 Å². The van der Waals surface area contributed by atoms with Gasteiger partial charge >= 0.3 is 0 Å². The third-order valence-corrected chi connectivity index (χ3v) is 5.09. The molecule has 0 aromatic heterocycles. The standard InChI is InChI=1S/C18H28N2O2/c1-21-17-7-5-6-15(18(17)22-2)14-19-12-8-16(9-13-19)20-10-3-4-11-20/h5-7,16H,3-4,8-14H2,1-2H3. The Hall–Kier alpha value is -1.26. The maximum Gasteiger partial charge on any atom is 0.165 e. The fourth-order valence-electron chi connectivity index (χ4n) is 3.87. The van der Waals surface area contributed by atoms with Gasteiger partial charge in [-0.15, -0.1) is 0 Å². The predicted octanol–water partition coefficient (Wildman–Crippen LogP) is 2.76. The zero-order valence-corrected chi connectivity index (χ0v) is 13.9. The normalized spacial score (nSPS) is 21.2. The first-order valence-corrected chi connectivity index (χ1v) is 8.48. The summed E-state index contributed by atoms with van der Waals surface area (Å²) in [5, 5.41) is 0. The second-order valence-electron chi connectivity index (χ2n) is 6.40. The van der Waals surface area contributed by atoms with E-state index in [0.717, 1.165) is 24.1 Å². The van der Waals surface area contributed by atoms with Gasteiger partial charge in [-0.2, -0.15) is 0 Å². The highest BCUT2D eigenvalue weighted by Gasteiger charge is 2.26. The van der Waals surface area contributed by atoms with Gasteiger partial charge in [-0.1, -0.05) is 12.1 Å². The molecule has 0 radical (unpaired) electrons. The Labute approximate surface area is 134 Å². The summed E-state index contributed by atoms with van der Waals surface area (Å²) in [7, 11) is 3.42. The number of likely N-dealkylation sites (tertiary alicyclic amines) is 2. The lowest BCUT2D eigenvalue weighted by Crippen LogP contribution is -2.43. The molecule has 3 rings (SSSR count). The first-order chi connectivity index (χ1) is 10.8. The molecule has 0 unspecified atom stereocenters. The molecule has 4 heteroatoms. The Morgan fingerprint density at radius 1 is 1.00 bits per heavy atom. The Balaban J connectivity index is 1.58. The van der Waals surface area contributed by atoms with Crippen LogP contribution in [0, 0.1) is 0 Å². The molecule has 2 aliphatic rings. The van der Waals surface area contributed by atoms with Crippen LogP contribution in [0.5, 0.6) is 11.5 Å². The second kappa shape index (κ2) is 7.34. The van der Waals surface area contributed by atoms with Crippen molar-refractivity contribution in [3.8, 4) is 11.5 Å². The molecule has 0 bridgehead atoms. The monoisotopic (exact) mass is 304 g/mol. The average Bonchev–Trinajstić information content (AvgIpc) is 3.09. The van der Waals surface area contributed by atoms with Crippen LogP contribution in [0.1, 0.15) is 31.2 Å². The van der Waals surface area contributed by atoms with Gasteiger partial charge in [0.25, 0.3) is 0 Å². The fourth-order valence-corrected chi connectivity index (χ4v) is 3.87. The van der Waals surface area contributed by atoms with E-state index >= 15 is 0 Å². The van der Waals surface area contributed by atoms with E-state index in [1.807, 2.05) is 12.1 Å². The van der Waals surface area contributed by atoms with Crippen LogP contribution in [0.15, 0.2) is 18.2 Å². The lowest BCUT2D eigenvalue weighted by molar-refractivity contribution is 0.122. The van der Waals surface area contributed by atoms with Gasteiger partial charge in [0, 0.05) is 18.2 Å². The lowest BCUT2D eigenvalue weighted by atomic mass is 10.0. The molecule has 4 nitrogen and oxygen atoms in total. The minimum Gasteiger partial charge on any atom is -0.493 e. The summed E-state index contributed by atoms with van der Waals surface area (Å²) in [6, 6.07) is 6.97. The van der Waals surface area contributed by atoms with Gasteiger partial charge in [0.2, 0.25) is 0 Å². The Morgan fingerprint density at radius 3 is 2.36 bits per heavy atom. The van der Waals surface area contributed by atoms with Gasteiger partial charge in [0.15, 0.2) is 11.5 Å². The minimum atomic E-state index is 0.811. The number of rotatable bonds is 5. The first kappa shape index (κ1) is 15.6. The molecule has 1 aromatic carbocycles. The molecular formula is C18H28N2O2. The number of ether oxygens (including phenoxy) is 2. The maximum atomic E-state index is 5.55. The summed E-state index contributed by atoms with van der Waals surface area (Å²) in [4.78, 5) is 5.24. The van der Waals surface area contributed by atoms with E-state index in [4.69, 9.17) is 9.47 Å². The number of para-hydroxylation sites is 1. The fraction of sp³-hybridized carbons (Fsp3) is 0.667. The topological polar surface area (TPSA) is 24.9 Å². The summed E-state index contributed by atoms with van der Waals surface area (Å²) in [5.74, 6) is 1.71. The van der Waals surface area contributed by atoms with Crippen molar-refractivity contribution in [2.45, 2.75) is 38.3 Å². The molecule has 0 amide bonds. The average molecular weight is 304 g/mol. The molecule has 22 heavy (non-hydrogen) atoms. The molecule has 0 N–H and O–H groups in total. The number of benzene rings is 1. The Morgan fingerprint density at radius 2 is 1.73 bits per heavy atom. The number of piperidine rings is 1. The molecule has 0 atom stereocenters. The predicted molar refractivity (Wildman–Crippen MR) is 88.7 cm³/mol. The van der Waals surface area contributed by atoms with E-state index < -0.39 is 0 Å². The number of methoxy groups -OCH3 is 2. The molecule has 0 saturated carbocycles. The first-order valence-electron chi connectivity index (χ1n) is 8.48. The van der Waals surface area contributed by atoms with Crippen molar-refractivity contribution in [1.29, 1.82) is 0 Å². The van der Waals surface area contributed by atoms with E-state index in [1.165, 1.54) is 57.4 Å². The van der Waals surface area contributed by atoms with E-state index in [0.29, 0.717) is 0 Å². The second-order valence-corrected chi connectivity index (χ2v) is 6.40.